The second-order valence-electron chi connectivity index (χ2n) is 11.7. The van der Waals surface area contributed by atoms with E-state index in [2.05, 4.69) is 62.8 Å². The molecule has 0 radical (unpaired) electrons. The zero-order valence-electron chi connectivity index (χ0n) is 22.8. The van der Waals surface area contributed by atoms with Gasteiger partial charge in [0.25, 0.3) is 0 Å². The SMILES string of the molecule is CC(C)(C)NCCOC(=O)NC(C)(C)c1cccc(C(C)(C)NC(=O)OCCNC(C)(C)C)c1. The molecule has 2 amide bonds. The first-order valence-electron chi connectivity index (χ1n) is 11.9. The molecule has 0 bridgehead atoms. The number of alkyl carbamates (subject to hydrolysis) is 2. The van der Waals surface area contributed by atoms with Gasteiger partial charge in [0.2, 0.25) is 0 Å². The highest BCUT2D eigenvalue weighted by Gasteiger charge is 2.28. The van der Waals surface area contributed by atoms with E-state index >= 15 is 0 Å². The van der Waals surface area contributed by atoms with Crippen molar-refractivity contribution in [3.8, 4) is 0 Å². The van der Waals surface area contributed by atoms with E-state index in [1.807, 2.05) is 52.0 Å². The third kappa shape index (κ3) is 11.7. The molecule has 8 nitrogen and oxygen atoms in total. The lowest BCUT2D eigenvalue weighted by Crippen LogP contribution is -2.44. The van der Waals surface area contributed by atoms with Crippen LogP contribution in [0.2, 0.25) is 0 Å². The Kier molecular flexibility index (Phi) is 10.4. The Morgan fingerprint density at radius 3 is 1.35 bits per heavy atom. The fraction of sp³-hybridized carbons (Fsp3) is 0.692. The number of hydrogen-bond acceptors (Lipinski definition) is 6. The standard InChI is InChI=1S/C26H46N4O4/c1-23(2,3)27-14-16-33-21(31)29-25(7,8)19-12-11-13-20(18-19)26(9,10)30-22(32)34-17-15-28-24(4,5)6/h11-13,18,27-28H,14-17H2,1-10H3,(H,29,31)(H,30,32). The third-order valence-electron chi connectivity index (χ3n) is 5.12. The molecule has 0 unspecified atom stereocenters. The zero-order valence-corrected chi connectivity index (χ0v) is 22.8. The fourth-order valence-corrected chi connectivity index (χ4v) is 3.16. The molecule has 0 fully saturated rings. The van der Waals surface area contributed by atoms with Gasteiger partial charge in [0.1, 0.15) is 13.2 Å². The molecular weight excluding hydrogens is 432 g/mol. The van der Waals surface area contributed by atoms with E-state index in [1.54, 1.807) is 0 Å². The summed E-state index contributed by atoms with van der Waals surface area (Å²) in [5.41, 5.74) is 0.394. The van der Waals surface area contributed by atoms with E-state index in [9.17, 15) is 9.59 Å². The first-order valence-corrected chi connectivity index (χ1v) is 11.9. The van der Waals surface area contributed by atoms with Crippen LogP contribution in [0.15, 0.2) is 24.3 Å². The summed E-state index contributed by atoms with van der Waals surface area (Å²) in [5.74, 6) is 0. The summed E-state index contributed by atoms with van der Waals surface area (Å²) < 4.78 is 10.6. The maximum absolute atomic E-state index is 12.3. The molecule has 0 saturated carbocycles. The second kappa shape index (κ2) is 11.9. The second-order valence-corrected chi connectivity index (χ2v) is 11.7. The van der Waals surface area contributed by atoms with Gasteiger partial charge in [-0.2, -0.15) is 0 Å². The minimum atomic E-state index is -0.667. The van der Waals surface area contributed by atoms with Gasteiger partial charge >= 0.3 is 12.2 Å². The quantitative estimate of drug-likeness (QED) is 0.372. The number of amides is 2. The number of benzene rings is 1. The first-order chi connectivity index (χ1) is 15.4. The van der Waals surface area contributed by atoms with Crippen molar-refractivity contribution in [3.05, 3.63) is 35.4 Å². The summed E-state index contributed by atoms with van der Waals surface area (Å²) in [6, 6.07) is 7.77. The van der Waals surface area contributed by atoms with E-state index < -0.39 is 23.3 Å². The van der Waals surface area contributed by atoms with Crippen LogP contribution in [0.3, 0.4) is 0 Å². The molecule has 0 saturated heterocycles. The Morgan fingerprint density at radius 1 is 0.676 bits per heavy atom. The lowest BCUT2D eigenvalue weighted by molar-refractivity contribution is 0.133. The van der Waals surface area contributed by atoms with Crippen LogP contribution >= 0.6 is 0 Å². The molecule has 0 aliphatic carbocycles. The molecule has 1 aromatic carbocycles. The largest absolute Gasteiger partial charge is 0.448 e. The van der Waals surface area contributed by atoms with Gasteiger partial charge in [0.15, 0.2) is 0 Å². The average Bonchev–Trinajstić information content (AvgIpc) is 2.67. The topological polar surface area (TPSA) is 101 Å². The van der Waals surface area contributed by atoms with Gasteiger partial charge in [-0.05, 0) is 80.4 Å². The fourth-order valence-electron chi connectivity index (χ4n) is 3.16. The Labute approximate surface area is 205 Å². The number of nitrogens with one attached hydrogen (secondary N) is 4. The molecule has 34 heavy (non-hydrogen) atoms. The zero-order chi connectivity index (χ0) is 26.2. The molecular formula is C26H46N4O4. The summed E-state index contributed by atoms with van der Waals surface area (Å²) in [5, 5.41) is 12.4. The van der Waals surface area contributed by atoms with Crippen molar-refractivity contribution in [2.75, 3.05) is 26.3 Å². The molecule has 1 rings (SSSR count). The summed E-state index contributed by atoms with van der Waals surface area (Å²) in [7, 11) is 0. The smallest absolute Gasteiger partial charge is 0.407 e. The van der Waals surface area contributed by atoms with Crippen molar-refractivity contribution in [2.45, 2.75) is 91.4 Å². The Bertz CT molecular complexity index is 745. The summed E-state index contributed by atoms with van der Waals surface area (Å²) >= 11 is 0. The molecule has 0 atom stereocenters. The minimum Gasteiger partial charge on any atom is -0.448 e. The lowest BCUT2D eigenvalue weighted by Gasteiger charge is -2.31. The number of ether oxygens (including phenoxy) is 2. The summed E-state index contributed by atoms with van der Waals surface area (Å²) in [6.07, 6.45) is -0.952. The van der Waals surface area contributed by atoms with Gasteiger partial charge in [0, 0.05) is 24.2 Å². The van der Waals surface area contributed by atoms with Gasteiger partial charge in [0.05, 0.1) is 11.1 Å². The normalized spacial score (nSPS) is 12.8. The molecule has 8 heteroatoms. The number of carbonyl (C=O) groups is 2. The molecule has 0 aliphatic heterocycles. The lowest BCUT2D eigenvalue weighted by atomic mass is 9.87. The van der Waals surface area contributed by atoms with Crippen LogP contribution in [0.1, 0.15) is 80.4 Å². The predicted molar refractivity (Wildman–Crippen MR) is 137 cm³/mol. The molecule has 0 spiro atoms. The molecule has 194 valence electrons. The molecule has 0 heterocycles. The number of carbonyl (C=O) groups excluding carboxylic acids is 2. The van der Waals surface area contributed by atoms with E-state index in [0.717, 1.165) is 11.1 Å². The Hall–Kier alpha value is -2.32. The third-order valence-corrected chi connectivity index (χ3v) is 5.12. The van der Waals surface area contributed by atoms with Crippen molar-refractivity contribution in [1.82, 2.24) is 21.3 Å². The van der Waals surface area contributed by atoms with Crippen molar-refractivity contribution in [1.29, 1.82) is 0 Å². The Morgan fingerprint density at radius 2 is 1.03 bits per heavy atom. The van der Waals surface area contributed by atoms with Crippen molar-refractivity contribution in [2.24, 2.45) is 0 Å². The van der Waals surface area contributed by atoms with Gasteiger partial charge in [-0.1, -0.05) is 24.3 Å². The summed E-state index contributed by atoms with van der Waals surface area (Å²) in [6.45, 7) is 21.7. The molecule has 1 aromatic rings. The maximum Gasteiger partial charge on any atom is 0.407 e. The van der Waals surface area contributed by atoms with E-state index in [0.29, 0.717) is 13.1 Å². The van der Waals surface area contributed by atoms with E-state index in [4.69, 9.17) is 9.47 Å². The predicted octanol–water partition coefficient (Wildman–Crippen LogP) is 4.39. The first kappa shape index (κ1) is 29.7. The van der Waals surface area contributed by atoms with E-state index in [-0.39, 0.29) is 24.3 Å². The monoisotopic (exact) mass is 478 g/mol. The molecule has 0 aliphatic rings. The van der Waals surface area contributed by atoms with Crippen LogP contribution in [0.4, 0.5) is 9.59 Å². The highest BCUT2D eigenvalue weighted by atomic mass is 16.6. The number of rotatable bonds is 10. The van der Waals surface area contributed by atoms with Crippen molar-refractivity contribution >= 4 is 12.2 Å². The van der Waals surface area contributed by atoms with Crippen LogP contribution < -0.4 is 21.3 Å². The Balaban J connectivity index is 2.70. The summed E-state index contributed by atoms with van der Waals surface area (Å²) in [4.78, 5) is 24.7. The van der Waals surface area contributed by atoms with Gasteiger partial charge in [-0.15, -0.1) is 0 Å². The van der Waals surface area contributed by atoms with Crippen molar-refractivity contribution < 1.29 is 19.1 Å². The average molecular weight is 479 g/mol. The minimum absolute atomic E-state index is 0.0316. The van der Waals surface area contributed by atoms with Crippen molar-refractivity contribution in [3.63, 3.8) is 0 Å². The van der Waals surface area contributed by atoms with Gasteiger partial charge in [-0.25, -0.2) is 9.59 Å². The van der Waals surface area contributed by atoms with Crippen LogP contribution in [0.5, 0.6) is 0 Å². The van der Waals surface area contributed by atoms with E-state index in [1.165, 1.54) is 0 Å². The molecule has 4 N–H and O–H groups in total. The van der Waals surface area contributed by atoms with Crippen LogP contribution in [-0.4, -0.2) is 49.6 Å². The van der Waals surface area contributed by atoms with Crippen LogP contribution in [-0.2, 0) is 20.6 Å². The van der Waals surface area contributed by atoms with Crippen LogP contribution in [0, 0.1) is 0 Å². The maximum atomic E-state index is 12.3. The van der Waals surface area contributed by atoms with Gasteiger partial charge < -0.3 is 30.7 Å². The van der Waals surface area contributed by atoms with Gasteiger partial charge in [-0.3, -0.25) is 0 Å². The van der Waals surface area contributed by atoms with Crippen LogP contribution in [0.25, 0.3) is 0 Å². The molecule has 0 aromatic heterocycles. The number of hydrogen-bond donors (Lipinski definition) is 4. The highest BCUT2D eigenvalue weighted by molar-refractivity contribution is 5.69. The highest BCUT2D eigenvalue weighted by Crippen LogP contribution is 2.27.